The third kappa shape index (κ3) is 1.44. The van der Waals surface area contributed by atoms with E-state index in [1.54, 1.807) is 0 Å². The van der Waals surface area contributed by atoms with Gasteiger partial charge < -0.3 is 5.32 Å². The molecule has 0 spiro atoms. The molecule has 2 rings (SSSR count). The van der Waals surface area contributed by atoms with E-state index in [2.05, 4.69) is 37.4 Å². The van der Waals surface area contributed by atoms with Gasteiger partial charge in [-0.15, -0.1) is 0 Å². The van der Waals surface area contributed by atoms with Crippen molar-refractivity contribution in [2.24, 2.45) is 0 Å². The summed E-state index contributed by atoms with van der Waals surface area (Å²) >= 11 is 0. The highest BCUT2D eigenvalue weighted by atomic mass is 16.2. The minimum atomic E-state index is 0.156. The zero-order valence-corrected chi connectivity index (χ0v) is 7.92. The molecule has 1 unspecified atom stereocenters. The Bertz CT molecular complexity index is 349. The van der Waals surface area contributed by atoms with Crippen molar-refractivity contribution in [1.29, 1.82) is 0 Å². The van der Waals surface area contributed by atoms with Crippen molar-refractivity contribution in [3.63, 3.8) is 0 Å². The van der Waals surface area contributed by atoms with Gasteiger partial charge in [0.15, 0.2) is 0 Å². The molecule has 1 aromatic rings. The normalized spacial score (nSPS) is 20.8. The van der Waals surface area contributed by atoms with Crippen molar-refractivity contribution in [1.82, 2.24) is 5.32 Å². The third-order valence-electron chi connectivity index (χ3n) is 2.66. The lowest BCUT2D eigenvalue weighted by Gasteiger charge is -2.27. The highest BCUT2D eigenvalue weighted by Crippen LogP contribution is 2.25. The van der Waals surface area contributed by atoms with E-state index in [4.69, 9.17) is 0 Å². The number of nitrogens with one attached hydrogen (secondary N) is 1. The van der Waals surface area contributed by atoms with E-state index in [0.29, 0.717) is 6.42 Å². The van der Waals surface area contributed by atoms with E-state index < -0.39 is 0 Å². The molecule has 1 N–H and O–H groups in total. The number of carbonyl (C=O) groups is 1. The first-order chi connectivity index (χ1) is 6.16. The maximum atomic E-state index is 10.7. The monoisotopic (exact) mass is 175 g/mol. The van der Waals surface area contributed by atoms with Gasteiger partial charge in [-0.1, -0.05) is 18.2 Å². The molecule has 13 heavy (non-hydrogen) atoms. The van der Waals surface area contributed by atoms with Gasteiger partial charge in [0, 0.05) is 0 Å². The van der Waals surface area contributed by atoms with Gasteiger partial charge in [-0.3, -0.25) is 4.79 Å². The fourth-order valence-electron chi connectivity index (χ4n) is 1.54. The van der Waals surface area contributed by atoms with Crippen LogP contribution in [-0.2, 0) is 4.79 Å². The highest BCUT2D eigenvalue weighted by Gasteiger charge is 2.26. The summed E-state index contributed by atoms with van der Waals surface area (Å²) in [7, 11) is 0. The smallest absolute Gasteiger partial charge is 0.222 e. The Morgan fingerprint density at radius 3 is 2.54 bits per heavy atom. The topological polar surface area (TPSA) is 29.1 Å². The van der Waals surface area contributed by atoms with Gasteiger partial charge in [0.2, 0.25) is 5.91 Å². The summed E-state index contributed by atoms with van der Waals surface area (Å²) in [6, 6.07) is 6.60. The summed E-state index contributed by atoms with van der Waals surface area (Å²) in [6.07, 6.45) is 0.641. The van der Waals surface area contributed by atoms with Crippen LogP contribution in [0, 0.1) is 13.8 Å². The van der Waals surface area contributed by atoms with Crippen molar-refractivity contribution in [2.45, 2.75) is 26.3 Å². The SMILES string of the molecule is Cc1ccc(C2CC(=O)N2)cc1C. The van der Waals surface area contributed by atoms with Crippen LogP contribution in [0.1, 0.15) is 29.2 Å². The van der Waals surface area contributed by atoms with E-state index in [1.165, 1.54) is 16.7 Å². The maximum Gasteiger partial charge on any atom is 0.222 e. The summed E-state index contributed by atoms with van der Waals surface area (Å²) < 4.78 is 0. The van der Waals surface area contributed by atoms with E-state index >= 15 is 0 Å². The van der Waals surface area contributed by atoms with Gasteiger partial charge in [0.25, 0.3) is 0 Å². The number of benzene rings is 1. The lowest BCUT2D eigenvalue weighted by atomic mass is 9.94. The molecule has 0 bridgehead atoms. The molecule has 1 atom stereocenters. The van der Waals surface area contributed by atoms with Crippen LogP contribution in [0.4, 0.5) is 0 Å². The summed E-state index contributed by atoms with van der Waals surface area (Å²) in [5.41, 5.74) is 3.82. The zero-order valence-electron chi connectivity index (χ0n) is 7.92. The summed E-state index contributed by atoms with van der Waals surface area (Å²) in [6.45, 7) is 4.19. The van der Waals surface area contributed by atoms with Crippen molar-refractivity contribution in [3.8, 4) is 0 Å². The van der Waals surface area contributed by atoms with Gasteiger partial charge in [0.1, 0.15) is 0 Å². The molecule has 2 heteroatoms. The third-order valence-corrected chi connectivity index (χ3v) is 2.66. The van der Waals surface area contributed by atoms with Crippen LogP contribution in [0.5, 0.6) is 0 Å². The standard InChI is InChI=1S/C11H13NO/c1-7-3-4-9(5-8(7)2)10-6-11(13)12-10/h3-5,10H,6H2,1-2H3,(H,12,13). The van der Waals surface area contributed by atoms with Crippen LogP contribution in [-0.4, -0.2) is 5.91 Å². The number of hydrogen-bond acceptors (Lipinski definition) is 1. The average molecular weight is 175 g/mol. The van der Waals surface area contributed by atoms with Crippen molar-refractivity contribution in [3.05, 3.63) is 34.9 Å². The number of β-lactam (4-membered cyclic amide) rings is 1. The van der Waals surface area contributed by atoms with E-state index in [0.717, 1.165) is 0 Å². The predicted molar refractivity (Wildman–Crippen MR) is 51.4 cm³/mol. The quantitative estimate of drug-likeness (QED) is 0.648. The molecular weight excluding hydrogens is 162 g/mol. The van der Waals surface area contributed by atoms with Gasteiger partial charge in [-0.2, -0.15) is 0 Å². The van der Waals surface area contributed by atoms with E-state index in [1.807, 2.05) is 0 Å². The largest absolute Gasteiger partial charge is 0.349 e. The van der Waals surface area contributed by atoms with Crippen LogP contribution in [0.2, 0.25) is 0 Å². The molecule has 1 aliphatic heterocycles. The van der Waals surface area contributed by atoms with Crippen LogP contribution in [0.3, 0.4) is 0 Å². The maximum absolute atomic E-state index is 10.7. The van der Waals surface area contributed by atoms with Gasteiger partial charge in [-0.25, -0.2) is 0 Å². The average Bonchev–Trinajstić information content (AvgIpc) is 2.05. The molecule has 0 saturated carbocycles. The number of rotatable bonds is 1. The second-order valence-electron chi connectivity index (χ2n) is 3.67. The Kier molecular flexibility index (Phi) is 1.83. The molecule has 2 nitrogen and oxygen atoms in total. The minimum Gasteiger partial charge on any atom is -0.349 e. The fraction of sp³-hybridized carbons (Fsp3) is 0.364. The molecule has 1 amide bonds. The van der Waals surface area contributed by atoms with E-state index in [-0.39, 0.29) is 11.9 Å². The Labute approximate surface area is 78.0 Å². The number of carbonyl (C=O) groups excluding carboxylic acids is 1. The van der Waals surface area contributed by atoms with Crippen molar-refractivity contribution < 1.29 is 4.79 Å². The number of hydrogen-bond donors (Lipinski definition) is 1. The predicted octanol–water partition coefficient (Wildman–Crippen LogP) is 1.86. The summed E-state index contributed by atoms with van der Waals surface area (Å²) in [4.78, 5) is 10.7. The Hall–Kier alpha value is -1.31. The molecule has 1 aliphatic rings. The van der Waals surface area contributed by atoms with Crippen LogP contribution < -0.4 is 5.32 Å². The van der Waals surface area contributed by atoms with Crippen molar-refractivity contribution in [2.75, 3.05) is 0 Å². The lowest BCUT2D eigenvalue weighted by molar-refractivity contribution is -0.128. The Morgan fingerprint density at radius 2 is 2.00 bits per heavy atom. The lowest BCUT2D eigenvalue weighted by Crippen LogP contribution is -2.41. The van der Waals surface area contributed by atoms with Crippen LogP contribution in [0.25, 0.3) is 0 Å². The molecule has 1 saturated heterocycles. The Morgan fingerprint density at radius 1 is 1.31 bits per heavy atom. The van der Waals surface area contributed by atoms with E-state index in [9.17, 15) is 4.79 Å². The molecule has 0 radical (unpaired) electrons. The first-order valence-electron chi connectivity index (χ1n) is 4.53. The second-order valence-corrected chi connectivity index (χ2v) is 3.67. The summed E-state index contributed by atoms with van der Waals surface area (Å²) in [5.74, 6) is 0.156. The van der Waals surface area contributed by atoms with Gasteiger partial charge in [-0.05, 0) is 30.5 Å². The second kappa shape index (κ2) is 2.87. The first kappa shape index (κ1) is 8.30. The van der Waals surface area contributed by atoms with Gasteiger partial charge >= 0.3 is 0 Å². The first-order valence-corrected chi connectivity index (χ1v) is 4.53. The highest BCUT2D eigenvalue weighted by molar-refractivity contribution is 5.83. The number of amides is 1. The molecule has 68 valence electrons. The molecule has 1 fully saturated rings. The number of aryl methyl sites for hydroxylation is 2. The molecule has 0 aromatic heterocycles. The molecule has 1 aromatic carbocycles. The van der Waals surface area contributed by atoms with Crippen LogP contribution in [0.15, 0.2) is 18.2 Å². The molecular formula is C11H13NO. The minimum absolute atomic E-state index is 0.156. The van der Waals surface area contributed by atoms with Crippen molar-refractivity contribution >= 4 is 5.91 Å². The fourth-order valence-corrected chi connectivity index (χ4v) is 1.54. The van der Waals surface area contributed by atoms with Crippen LogP contribution >= 0.6 is 0 Å². The molecule has 0 aliphatic carbocycles. The zero-order chi connectivity index (χ0) is 9.42. The van der Waals surface area contributed by atoms with Gasteiger partial charge in [0.05, 0.1) is 12.5 Å². The summed E-state index contributed by atoms with van der Waals surface area (Å²) in [5, 5.41) is 2.87. The molecule has 1 heterocycles. The Balaban J connectivity index is 2.22.